The van der Waals surface area contributed by atoms with Gasteiger partial charge in [0.25, 0.3) is 0 Å². The molecular formula is C14H24N4O. The number of hydrogen-bond donors (Lipinski definition) is 3. The van der Waals surface area contributed by atoms with Gasteiger partial charge in [0.05, 0.1) is 11.7 Å². The first-order valence-corrected chi connectivity index (χ1v) is 7.81. The summed E-state index contributed by atoms with van der Waals surface area (Å²) >= 11 is 0. The maximum atomic E-state index is 12.4. The Kier molecular flexibility index (Phi) is 2.83. The fourth-order valence-corrected chi connectivity index (χ4v) is 4.84. The van der Waals surface area contributed by atoms with Gasteiger partial charge in [-0.3, -0.25) is 15.0 Å². The van der Waals surface area contributed by atoms with E-state index in [-0.39, 0.29) is 17.6 Å². The molecule has 0 aliphatic carbocycles. The van der Waals surface area contributed by atoms with Gasteiger partial charge in [-0.15, -0.1) is 0 Å². The predicted molar refractivity (Wildman–Crippen MR) is 72.6 cm³/mol. The quantitative estimate of drug-likeness (QED) is 0.597. The second kappa shape index (κ2) is 4.43. The molecule has 4 fully saturated rings. The zero-order chi connectivity index (χ0) is 12.9. The Morgan fingerprint density at radius 3 is 3.11 bits per heavy atom. The first-order chi connectivity index (χ1) is 9.31. The van der Waals surface area contributed by atoms with E-state index < -0.39 is 0 Å². The van der Waals surface area contributed by atoms with Crippen LogP contribution in [-0.2, 0) is 4.79 Å². The molecule has 1 amide bonds. The summed E-state index contributed by atoms with van der Waals surface area (Å²) in [7, 11) is 0. The molecule has 106 valence electrons. The summed E-state index contributed by atoms with van der Waals surface area (Å²) in [5.41, 5.74) is 0.0566. The number of amides is 1. The standard InChI is InChI=1S/C14H24N4O/c19-13-12-10(2-1-5-16-13)4-7-18(12)14-9-15-8-11(14)3-6-17-14/h10-12,15,17H,1-9H2,(H,16,19). The molecule has 4 unspecified atom stereocenters. The van der Waals surface area contributed by atoms with Gasteiger partial charge in [0.2, 0.25) is 5.91 Å². The lowest BCUT2D eigenvalue weighted by Crippen LogP contribution is -2.64. The second-order valence-corrected chi connectivity index (χ2v) is 6.59. The van der Waals surface area contributed by atoms with Gasteiger partial charge in [-0.25, -0.2) is 0 Å². The van der Waals surface area contributed by atoms with Crippen LogP contribution in [0.4, 0.5) is 0 Å². The Morgan fingerprint density at radius 1 is 1.21 bits per heavy atom. The van der Waals surface area contributed by atoms with Gasteiger partial charge in [0, 0.05) is 32.1 Å². The number of likely N-dealkylation sites (tertiary alicyclic amines) is 1. The Hall–Kier alpha value is -0.650. The van der Waals surface area contributed by atoms with Crippen LogP contribution in [0.2, 0.25) is 0 Å². The van der Waals surface area contributed by atoms with Crippen LogP contribution in [0.25, 0.3) is 0 Å². The molecule has 0 aromatic carbocycles. The highest BCUT2D eigenvalue weighted by molar-refractivity contribution is 5.82. The van der Waals surface area contributed by atoms with E-state index in [0.717, 1.165) is 39.1 Å². The molecule has 5 nitrogen and oxygen atoms in total. The molecule has 19 heavy (non-hydrogen) atoms. The number of carbonyl (C=O) groups excluding carboxylic acids is 1. The maximum absolute atomic E-state index is 12.4. The number of nitrogens with zero attached hydrogens (tertiary/aromatic N) is 1. The van der Waals surface area contributed by atoms with Gasteiger partial charge in [0.15, 0.2) is 0 Å². The Morgan fingerprint density at radius 2 is 2.16 bits per heavy atom. The smallest absolute Gasteiger partial charge is 0.237 e. The van der Waals surface area contributed by atoms with E-state index in [0.29, 0.717) is 11.8 Å². The monoisotopic (exact) mass is 264 g/mol. The fraction of sp³-hybridized carbons (Fsp3) is 0.929. The minimum absolute atomic E-state index is 0.0566. The van der Waals surface area contributed by atoms with Crippen molar-refractivity contribution in [2.75, 3.05) is 32.7 Å². The van der Waals surface area contributed by atoms with Crippen molar-refractivity contribution in [3.63, 3.8) is 0 Å². The van der Waals surface area contributed by atoms with Crippen LogP contribution < -0.4 is 16.0 Å². The molecule has 0 saturated carbocycles. The number of hydrogen-bond acceptors (Lipinski definition) is 4. The van der Waals surface area contributed by atoms with Crippen molar-refractivity contribution >= 4 is 5.91 Å². The van der Waals surface area contributed by atoms with Crippen LogP contribution >= 0.6 is 0 Å². The number of nitrogens with one attached hydrogen (secondary N) is 3. The summed E-state index contributed by atoms with van der Waals surface area (Å²) in [4.78, 5) is 15.0. The fourth-order valence-electron chi connectivity index (χ4n) is 4.84. The Balaban J connectivity index is 1.65. The molecule has 4 heterocycles. The molecule has 4 rings (SSSR count). The molecule has 5 heteroatoms. The minimum atomic E-state index is 0.0566. The number of carbonyl (C=O) groups is 1. The third-order valence-corrected chi connectivity index (χ3v) is 5.74. The van der Waals surface area contributed by atoms with Gasteiger partial charge >= 0.3 is 0 Å². The van der Waals surface area contributed by atoms with E-state index >= 15 is 0 Å². The SMILES string of the molecule is O=C1NCCCC2CCN(C34CNCC3CCN4)C12. The van der Waals surface area contributed by atoms with Crippen LogP contribution in [0.3, 0.4) is 0 Å². The predicted octanol–water partition coefficient (Wildman–Crippen LogP) is -0.504. The molecule has 3 N–H and O–H groups in total. The van der Waals surface area contributed by atoms with Crippen molar-refractivity contribution in [3.8, 4) is 0 Å². The molecule has 4 aliphatic heterocycles. The van der Waals surface area contributed by atoms with Crippen molar-refractivity contribution in [2.24, 2.45) is 11.8 Å². The van der Waals surface area contributed by atoms with Gasteiger partial charge in [-0.2, -0.15) is 0 Å². The number of fused-ring (bicyclic) bond motifs is 2. The van der Waals surface area contributed by atoms with Crippen molar-refractivity contribution in [1.82, 2.24) is 20.9 Å². The van der Waals surface area contributed by atoms with Crippen molar-refractivity contribution in [1.29, 1.82) is 0 Å². The largest absolute Gasteiger partial charge is 0.355 e. The van der Waals surface area contributed by atoms with Crippen LogP contribution in [0.15, 0.2) is 0 Å². The molecule has 0 radical (unpaired) electrons. The molecule has 4 atom stereocenters. The van der Waals surface area contributed by atoms with Gasteiger partial charge in [-0.05, 0) is 38.1 Å². The summed E-state index contributed by atoms with van der Waals surface area (Å²) in [6.45, 7) is 5.13. The number of rotatable bonds is 1. The Labute approximate surface area is 114 Å². The zero-order valence-electron chi connectivity index (χ0n) is 11.5. The van der Waals surface area contributed by atoms with Crippen LogP contribution in [0.1, 0.15) is 25.7 Å². The van der Waals surface area contributed by atoms with E-state index in [1.54, 1.807) is 0 Å². The highest BCUT2D eigenvalue weighted by atomic mass is 16.2. The van der Waals surface area contributed by atoms with E-state index in [1.807, 2.05) is 0 Å². The van der Waals surface area contributed by atoms with Crippen molar-refractivity contribution in [3.05, 3.63) is 0 Å². The first kappa shape index (κ1) is 12.1. The summed E-state index contributed by atoms with van der Waals surface area (Å²) in [5, 5.41) is 10.4. The minimum Gasteiger partial charge on any atom is -0.355 e. The molecule has 0 aromatic rings. The molecular weight excluding hydrogens is 240 g/mol. The molecule has 4 aliphatic rings. The van der Waals surface area contributed by atoms with E-state index in [9.17, 15) is 4.79 Å². The van der Waals surface area contributed by atoms with Crippen molar-refractivity contribution < 1.29 is 4.79 Å². The van der Waals surface area contributed by atoms with Crippen LogP contribution in [0.5, 0.6) is 0 Å². The van der Waals surface area contributed by atoms with Gasteiger partial charge in [0.1, 0.15) is 0 Å². The van der Waals surface area contributed by atoms with E-state index in [4.69, 9.17) is 0 Å². The third-order valence-electron chi connectivity index (χ3n) is 5.74. The van der Waals surface area contributed by atoms with E-state index in [1.165, 1.54) is 19.3 Å². The lowest BCUT2D eigenvalue weighted by molar-refractivity contribution is -0.129. The summed E-state index contributed by atoms with van der Waals surface area (Å²) < 4.78 is 0. The Bertz CT molecular complexity index is 376. The molecule has 0 aromatic heterocycles. The normalized spacial score (nSPS) is 46.7. The summed E-state index contributed by atoms with van der Waals surface area (Å²) in [6, 6.07) is 0.107. The van der Waals surface area contributed by atoms with Gasteiger partial charge in [-0.1, -0.05) is 0 Å². The van der Waals surface area contributed by atoms with Crippen molar-refractivity contribution in [2.45, 2.75) is 37.4 Å². The highest BCUT2D eigenvalue weighted by Gasteiger charge is 2.56. The van der Waals surface area contributed by atoms with Gasteiger partial charge < -0.3 is 10.6 Å². The summed E-state index contributed by atoms with van der Waals surface area (Å²) in [6.07, 6.45) is 4.77. The zero-order valence-corrected chi connectivity index (χ0v) is 11.5. The summed E-state index contributed by atoms with van der Waals surface area (Å²) in [5.74, 6) is 1.51. The topological polar surface area (TPSA) is 56.4 Å². The van der Waals surface area contributed by atoms with E-state index in [2.05, 4.69) is 20.9 Å². The lowest BCUT2D eigenvalue weighted by atomic mass is 9.92. The lowest BCUT2D eigenvalue weighted by Gasteiger charge is -2.42. The van der Waals surface area contributed by atoms with Crippen LogP contribution in [-0.4, -0.2) is 55.2 Å². The molecule has 0 bridgehead atoms. The molecule has 0 spiro atoms. The molecule has 4 saturated heterocycles. The average molecular weight is 264 g/mol. The maximum Gasteiger partial charge on any atom is 0.237 e. The second-order valence-electron chi connectivity index (χ2n) is 6.59. The first-order valence-electron chi connectivity index (χ1n) is 7.81. The van der Waals surface area contributed by atoms with Crippen LogP contribution in [0, 0.1) is 11.8 Å². The average Bonchev–Trinajstić information content (AvgIpc) is 3.04. The highest BCUT2D eigenvalue weighted by Crippen LogP contribution is 2.41. The third kappa shape index (κ3) is 1.68.